The largest absolute Gasteiger partial charge is 0.460 e. The van der Waals surface area contributed by atoms with Crippen LogP contribution in [-0.2, 0) is 9.53 Å². The van der Waals surface area contributed by atoms with Crippen LogP contribution in [0.3, 0.4) is 0 Å². The number of esters is 1. The molecule has 5 nitrogen and oxygen atoms in total. The van der Waals surface area contributed by atoms with Gasteiger partial charge in [0.05, 0.1) is 32.8 Å². The highest BCUT2D eigenvalue weighted by molar-refractivity contribution is 6.21. The number of hydrogen-bond acceptors (Lipinski definition) is 4. The van der Waals surface area contributed by atoms with E-state index in [1.807, 2.05) is 0 Å². The van der Waals surface area contributed by atoms with Gasteiger partial charge in [-0.1, -0.05) is 134 Å². The van der Waals surface area contributed by atoms with E-state index in [2.05, 4.69) is 52.2 Å². The van der Waals surface area contributed by atoms with E-state index in [9.17, 15) is 15.0 Å². The van der Waals surface area contributed by atoms with Crippen LogP contribution in [0.25, 0.3) is 0 Å². The summed E-state index contributed by atoms with van der Waals surface area (Å²) < 4.78 is 6.49. The van der Waals surface area contributed by atoms with Gasteiger partial charge in [0.2, 0.25) is 0 Å². The molecule has 2 aliphatic carbocycles. The van der Waals surface area contributed by atoms with Gasteiger partial charge >= 0.3 is 5.97 Å². The number of allylic oxidation sites excluding steroid dienone is 2. The number of likely N-dealkylation sites (N-methyl/N-ethyl adjacent to an activating group) is 1. The van der Waals surface area contributed by atoms with Gasteiger partial charge in [0, 0.05) is 17.7 Å². The van der Waals surface area contributed by atoms with E-state index in [4.69, 9.17) is 16.3 Å². The van der Waals surface area contributed by atoms with Gasteiger partial charge in [-0.25, -0.2) is 0 Å². The van der Waals surface area contributed by atoms with Gasteiger partial charge in [-0.15, -0.1) is 11.6 Å². The molecule has 0 saturated heterocycles. The number of alkyl halides is 1. The van der Waals surface area contributed by atoms with Crippen molar-refractivity contribution in [3.8, 4) is 0 Å². The SMILES string of the molecule is CCCCCCCCCCCCCCCCCC[N+](C)(C)CCOC(=O)CCCC=CC[C@@H]1[C@@H](C=CC[C@H](O)C2(CC)CCC2)[C@H](O)C[C@H]1Cl. The molecule has 2 fully saturated rings. The van der Waals surface area contributed by atoms with Gasteiger partial charge in [0.25, 0.3) is 0 Å². The molecule has 5 atom stereocenters. The van der Waals surface area contributed by atoms with Crippen molar-refractivity contribution in [1.82, 2.24) is 0 Å². The van der Waals surface area contributed by atoms with Crippen molar-refractivity contribution in [3.63, 3.8) is 0 Å². The quantitative estimate of drug-likeness (QED) is 0.0246. The van der Waals surface area contributed by atoms with Crippen molar-refractivity contribution < 1.29 is 24.2 Å². The Labute approximate surface area is 314 Å². The lowest BCUT2D eigenvalue weighted by Gasteiger charge is -2.45. The van der Waals surface area contributed by atoms with E-state index < -0.39 is 6.10 Å². The first-order valence-electron chi connectivity index (χ1n) is 21.4. The number of carbonyl (C=O) groups is 1. The van der Waals surface area contributed by atoms with E-state index in [-0.39, 0.29) is 34.7 Å². The minimum absolute atomic E-state index is 0.0232. The number of aliphatic hydroxyl groups is 2. The maximum atomic E-state index is 12.3. The standard InChI is InChI=1S/C44H81ClNO4/c1-5-7-8-9-10-11-12-13-14-15-16-17-18-19-22-25-34-46(3,4)35-36-50-43(49)31-24-21-20-23-28-38-39(41(47)37-40(38)45)29-26-30-42(48)44(6-2)32-27-33-44/h20,23,26,29,38-42,47-48H,5-19,21-22,24-25,27-28,30-37H2,1-4H3/q+1/t38-,39-,40-,41-,42+/m1/s1. The van der Waals surface area contributed by atoms with Crippen LogP contribution in [0, 0.1) is 17.3 Å². The first-order chi connectivity index (χ1) is 24.1. The highest BCUT2D eigenvalue weighted by Gasteiger charge is 2.42. The summed E-state index contributed by atoms with van der Waals surface area (Å²) in [5.41, 5.74) is 0.100. The molecule has 0 amide bonds. The minimum Gasteiger partial charge on any atom is -0.460 e. The number of carbonyl (C=O) groups excluding carboxylic acids is 1. The molecule has 50 heavy (non-hydrogen) atoms. The molecule has 0 aromatic rings. The normalized spacial score (nSPS) is 22.8. The van der Waals surface area contributed by atoms with E-state index in [0.29, 0.717) is 25.9 Å². The molecule has 0 aromatic heterocycles. The zero-order valence-corrected chi connectivity index (χ0v) is 34.0. The second-order valence-corrected chi connectivity index (χ2v) is 17.4. The summed E-state index contributed by atoms with van der Waals surface area (Å²) in [5, 5.41) is 21.3. The van der Waals surface area contributed by atoms with Crippen LogP contribution < -0.4 is 0 Å². The second-order valence-electron chi connectivity index (χ2n) is 16.8. The summed E-state index contributed by atoms with van der Waals surface area (Å²) in [6.07, 6.45) is 38.7. The third kappa shape index (κ3) is 18.7. The number of rotatable bonds is 31. The third-order valence-electron chi connectivity index (χ3n) is 12.3. The Morgan fingerprint density at radius 1 is 0.840 bits per heavy atom. The first-order valence-corrected chi connectivity index (χ1v) is 21.9. The Morgan fingerprint density at radius 2 is 1.42 bits per heavy atom. The molecule has 0 bridgehead atoms. The van der Waals surface area contributed by atoms with Crippen LogP contribution in [0.15, 0.2) is 24.3 Å². The molecule has 0 aliphatic heterocycles. The fraction of sp³-hybridized carbons (Fsp3) is 0.886. The second kappa shape index (κ2) is 26.8. The topological polar surface area (TPSA) is 66.8 Å². The molecule has 2 N–H and O–H groups in total. The highest BCUT2D eigenvalue weighted by atomic mass is 35.5. The van der Waals surface area contributed by atoms with Crippen LogP contribution in [0.1, 0.15) is 181 Å². The zero-order valence-electron chi connectivity index (χ0n) is 33.2. The Morgan fingerprint density at radius 3 is 1.96 bits per heavy atom. The molecular weight excluding hydrogens is 642 g/mol. The summed E-state index contributed by atoms with van der Waals surface area (Å²) in [6, 6.07) is 0. The van der Waals surface area contributed by atoms with Gasteiger partial charge in [0.15, 0.2) is 0 Å². The van der Waals surface area contributed by atoms with Crippen LogP contribution in [-0.4, -0.2) is 72.0 Å². The molecular formula is C44H81ClNO4+. The lowest BCUT2D eigenvalue weighted by molar-refractivity contribution is -0.890. The lowest BCUT2D eigenvalue weighted by atomic mass is 9.63. The Bertz CT molecular complexity index is 910. The average molecular weight is 724 g/mol. The molecule has 0 unspecified atom stereocenters. The number of quaternary nitrogens is 1. The minimum atomic E-state index is -0.430. The van der Waals surface area contributed by atoms with Gasteiger partial charge in [-0.3, -0.25) is 4.79 Å². The van der Waals surface area contributed by atoms with Crippen molar-refractivity contribution in [2.75, 3.05) is 33.8 Å². The van der Waals surface area contributed by atoms with Crippen molar-refractivity contribution in [1.29, 1.82) is 0 Å². The molecule has 6 heteroatoms. The average Bonchev–Trinajstić information content (AvgIpc) is 3.33. The number of hydrogen-bond donors (Lipinski definition) is 2. The predicted molar refractivity (Wildman–Crippen MR) is 214 cm³/mol. The Hall–Kier alpha value is -0.880. The summed E-state index contributed by atoms with van der Waals surface area (Å²) in [7, 11) is 4.50. The van der Waals surface area contributed by atoms with Gasteiger partial charge < -0.3 is 19.4 Å². The van der Waals surface area contributed by atoms with Gasteiger partial charge in [-0.2, -0.15) is 0 Å². The van der Waals surface area contributed by atoms with Crippen molar-refractivity contribution >= 4 is 17.6 Å². The summed E-state index contributed by atoms with van der Waals surface area (Å²) in [4.78, 5) is 12.3. The highest BCUT2D eigenvalue weighted by Crippen LogP contribution is 2.48. The van der Waals surface area contributed by atoms with E-state index >= 15 is 0 Å². The number of unbranched alkanes of at least 4 members (excludes halogenated alkanes) is 16. The van der Waals surface area contributed by atoms with Gasteiger partial charge in [-0.05, 0) is 75.5 Å². The molecule has 2 aliphatic rings. The van der Waals surface area contributed by atoms with Gasteiger partial charge in [0.1, 0.15) is 13.2 Å². The maximum Gasteiger partial charge on any atom is 0.306 e. The molecule has 2 rings (SSSR count). The maximum absolute atomic E-state index is 12.3. The van der Waals surface area contributed by atoms with Crippen LogP contribution >= 0.6 is 11.6 Å². The third-order valence-corrected chi connectivity index (χ3v) is 12.8. The number of halogens is 1. The fourth-order valence-corrected chi connectivity index (χ4v) is 8.70. The molecule has 292 valence electrons. The van der Waals surface area contributed by atoms with Crippen molar-refractivity contribution in [2.45, 2.75) is 198 Å². The zero-order chi connectivity index (χ0) is 36.5. The fourth-order valence-electron chi connectivity index (χ4n) is 8.25. The van der Waals surface area contributed by atoms with Crippen LogP contribution in [0.2, 0.25) is 0 Å². The van der Waals surface area contributed by atoms with E-state index in [0.717, 1.165) is 56.1 Å². The molecule has 0 heterocycles. The van der Waals surface area contributed by atoms with Crippen LogP contribution in [0.4, 0.5) is 0 Å². The molecule has 0 radical (unpaired) electrons. The summed E-state index contributed by atoms with van der Waals surface area (Å²) in [6.45, 7) is 6.97. The number of nitrogens with zero attached hydrogens (tertiary/aromatic N) is 1. The predicted octanol–water partition coefficient (Wildman–Crippen LogP) is 11.5. The van der Waals surface area contributed by atoms with E-state index in [1.54, 1.807) is 0 Å². The van der Waals surface area contributed by atoms with E-state index in [1.165, 1.54) is 109 Å². The van der Waals surface area contributed by atoms with Crippen molar-refractivity contribution in [2.24, 2.45) is 17.3 Å². The smallest absolute Gasteiger partial charge is 0.306 e. The van der Waals surface area contributed by atoms with Crippen LogP contribution in [0.5, 0.6) is 0 Å². The summed E-state index contributed by atoms with van der Waals surface area (Å²) >= 11 is 6.65. The Kier molecular flexibility index (Phi) is 24.3. The molecule has 0 spiro atoms. The first kappa shape index (κ1) is 45.3. The Balaban J connectivity index is 1.45. The monoisotopic (exact) mass is 723 g/mol. The molecule has 0 aromatic carbocycles. The number of ether oxygens (including phenoxy) is 1. The molecule has 2 saturated carbocycles. The lowest BCUT2D eigenvalue weighted by Crippen LogP contribution is -2.43. The van der Waals surface area contributed by atoms with Crippen molar-refractivity contribution in [3.05, 3.63) is 24.3 Å². The summed E-state index contributed by atoms with van der Waals surface area (Å²) in [5.74, 6) is 0.112. The number of aliphatic hydroxyl groups excluding tert-OH is 2.